The summed E-state index contributed by atoms with van der Waals surface area (Å²) in [4.78, 5) is 0. The van der Waals surface area contributed by atoms with E-state index in [0.717, 1.165) is 43.8 Å². The topological polar surface area (TPSA) is 39.1 Å². The molecular weight excluding hydrogens is 286 g/mol. The van der Waals surface area contributed by atoms with Crippen LogP contribution in [0.15, 0.2) is 18.2 Å². The van der Waals surface area contributed by atoms with Crippen LogP contribution in [-0.4, -0.2) is 22.9 Å². The number of ether oxygens (including phenoxy) is 1. The Labute approximate surface area is 137 Å². The maximum absolute atomic E-state index is 5.93. The normalized spacial score (nSPS) is 20.9. The molecule has 1 N–H and O–H groups in total. The molecule has 23 heavy (non-hydrogen) atoms. The molecule has 4 rings (SSSR count). The van der Waals surface area contributed by atoms with Gasteiger partial charge in [-0.05, 0) is 69.2 Å². The molecule has 2 aromatic rings. The third-order valence-electron chi connectivity index (χ3n) is 5.13. The molecule has 0 spiro atoms. The number of nitrogens with zero attached hydrogens (tertiary/aromatic N) is 2. The number of benzene rings is 1. The van der Waals surface area contributed by atoms with Gasteiger partial charge in [-0.15, -0.1) is 0 Å². The minimum Gasteiger partial charge on any atom is -0.372 e. The smallest absolute Gasteiger partial charge is 0.133 e. The molecule has 1 aromatic carbocycles. The molecule has 1 atom stereocenters. The number of anilines is 1. The molecule has 1 aromatic heterocycles. The second-order valence-corrected chi connectivity index (χ2v) is 6.78. The maximum atomic E-state index is 5.93. The molecule has 4 heteroatoms. The van der Waals surface area contributed by atoms with E-state index in [0.29, 0.717) is 0 Å². The van der Waals surface area contributed by atoms with Gasteiger partial charge in [-0.1, -0.05) is 6.07 Å². The lowest BCUT2D eigenvalue weighted by atomic mass is 10.0. The lowest BCUT2D eigenvalue weighted by Gasteiger charge is -2.11. The summed E-state index contributed by atoms with van der Waals surface area (Å²) in [6.45, 7) is 6.20. The van der Waals surface area contributed by atoms with E-state index in [1.54, 1.807) is 0 Å². The molecule has 0 saturated carbocycles. The number of rotatable bonds is 2. The van der Waals surface area contributed by atoms with Gasteiger partial charge < -0.3 is 10.1 Å². The fraction of sp³-hybridized carbons (Fsp3) is 0.526. The summed E-state index contributed by atoms with van der Waals surface area (Å²) < 4.78 is 8.04. The van der Waals surface area contributed by atoms with Crippen LogP contribution in [0.25, 0.3) is 5.69 Å². The van der Waals surface area contributed by atoms with E-state index in [-0.39, 0.29) is 6.10 Å². The first-order valence-corrected chi connectivity index (χ1v) is 8.79. The van der Waals surface area contributed by atoms with Gasteiger partial charge in [0.2, 0.25) is 0 Å². The van der Waals surface area contributed by atoms with Crippen molar-refractivity contribution in [1.82, 2.24) is 9.78 Å². The lowest BCUT2D eigenvalue weighted by Crippen LogP contribution is -2.07. The van der Waals surface area contributed by atoms with Crippen LogP contribution in [-0.2, 0) is 11.2 Å². The van der Waals surface area contributed by atoms with E-state index in [9.17, 15) is 0 Å². The van der Waals surface area contributed by atoms with Gasteiger partial charge in [0.05, 0.1) is 11.4 Å². The molecule has 1 saturated heterocycles. The van der Waals surface area contributed by atoms with Crippen molar-refractivity contribution in [2.24, 2.45) is 0 Å². The standard InChI is InChI=1S/C19H25N3O/c1-13-8-9-15(12-14(13)2)22-19-16(6-3-4-10-20-19)18(21-22)17-7-5-11-23-17/h8-9,12,17,20H,3-7,10-11H2,1-2H3. The zero-order valence-corrected chi connectivity index (χ0v) is 14.1. The molecule has 2 aliphatic heterocycles. The van der Waals surface area contributed by atoms with Gasteiger partial charge in [-0.2, -0.15) is 5.10 Å². The fourth-order valence-electron chi connectivity index (χ4n) is 3.63. The van der Waals surface area contributed by atoms with Gasteiger partial charge in [0, 0.05) is 18.7 Å². The zero-order valence-electron chi connectivity index (χ0n) is 14.1. The second-order valence-electron chi connectivity index (χ2n) is 6.78. The van der Waals surface area contributed by atoms with E-state index < -0.39 is 0 Å². The Morgan fingerprint density at radius 1 is 1.17 bits per heavy atom. The SMILES string of the molecule is Cc1ccc(-n2nc(C3CCCO3)c3c2NCCCC3)cc1C. The summed E-state index contributed by atoms with van der Waals surface area (Å²) in [5.74, 6) is 1.18. The molecular formula is C19H25N3O. The predicted octanol–water partition coefficient (Wildman–Crippen LogP) is 4.09. The van der Waals surface area contributed by atoms with Crippen LogP contribution >= 0.6 is 0 Å². The van der Waals surface area contributed by atoms with Gasteiger partial charge >= 0.3 is 0 Å². The molecule has 4 nitrogen and oxygen atoms in total. The lowest BCUT2D eigenvalue weighted by molar-refractivity contribution is 0.107. The summed E-state index contributed by atoms with van der Waals surface area (Å²) in [5, 5.41) is 8.60. The van der Waals surface area contributed by atoms with Crippen molar-refractivity contribution in [2.45, 2.75) is 52.1 Å². The number of aryl methyl sites for hydroxylation is 2. The number of aromatic nitrogens is 2. The Morgan fingerprint density at radius 3 is 2.87 bits per heavy atom. The van der Waals surface area contributed by atoms with Crippen molar-refractivity contribution in [3.8, 4) is 5.69 Å². The first kappa shape index (κ1) is 14.8. The molecule has 122 valence electrons. The first-order chi connectivity index (χ1) is 11.2. The minimum atomic E-state index is 0.177. The number of hydrogen-bond donors (Lipinski definition) is 1. The monoisotopic (exact) mass is 311 g/mol. The molecule has 0 aliphatic carbocycles. The van der Waals surface area contributed by atoms with Crippen LogP contribution in [0.2, 0.25) is 0 Å². The summed E-state index contributed by atoms with van der Waals surface area (Å²) in [5.41, 5.74) is 6.29. The van der Waals surface area contributed by atoms with Crippen molar-refractivity contribution in [3.05, 3.63) is 40.6 Å². The highest BCUT2D eigenvalue weighted by Crippen LogP contribution is 2.36. The Hall–Kier alpha value is -1.81. The quantitative estimate of drug-likeness (QED) is 0.908. The van der Waals surface area contributed by atoms with Crippen molar-refractivity contribution < 1.29 is 4.74 Å². The van der Waals surface area contributed by atoms with Crippen LogP contribution in [0, 0.1) is 13.8 Å². The molecule has 1 unspecified atom stereocenters. The zero-order chi connectivity index (χ0) is 15.8. The van der Waals surface area contributed by atoms with E-state index in [4.69, 9.17) is 9.84 Å². The summed E-state index contributed by atoms with van der Waals surface area (Å²) in [6.07, 6.45) is 5.95. The molecule has 2 aliphatic rings. The highest BCUT2D eigenvalue weighted by Gasteiger charge is 2.28. The number of nitrogens with one attached hydrogen (secondary N) is 1. The summed E-state index contributed by atoms with van der Waals surface area (Å²) >= 11 is 0. The van der Waals surface area contributed by atoms with Gasteiger partial charge in [-0.3, -0.25) is 0 Å². The van der Waals surface area contributed by atoms with E-state index in [2.05, 4.69) is 42.0 Å². The van der Waals surface area contributed by atoms with Gasteiger partial charge in [0.25, 0.3) is 0 Å². The Bertz CT molecular complexity index is 714. The van der Waals surface area contributed by atoms with Gasteiger partial charge in [0.15, 0.2) is 0 Å². The van der Waals surface area contributed by atoms with Crippen LogP contribution < -0.4 is 5.32 Å². The number of hydrogen-bond acceptors (Lipinski definition) is 3. The van der Waals surface area contributed by atoms with E-state index >= 15 is 0 Å². The van der Waals surface area contributed by atoms with E-state index in [1.807, 2.05) is 0 Å². The highest BCUT2D eigenvalue weighted by molar-refractivity contribution is 5.55. The van der Waals surface area contributed by atoms with Gasteiger partial charge in [-0.25, -0.2) is 4.68 Å². The van der Waals surface area contributed by atoms with Crippen LogP contribution in [0.4, 0.5) is 5.82 Å². The maximum Gasteiger partial charge on any atom is 0.133 e. The predicted molar refractivity (Wildman–Crippen MR) is 92.4 cm³/mol. The molecule has 0 bridgehead atoms. The highest BCUT2D eigenvalue weighted by atomic mass is 16.5. The third-order valence-corrected chi connectivity index (χ3v) is 5.13. The average Bonchev–Trinajstić information content (AvgIpc) is 3.12. The number of fused-ring (bicyclic) bond motifs is 1. The molecule has 0 radical (unpaired) electrons. The summed E-state index contributed by atoms with van der Waals surface area (Å²) in [7, 11) is 0. The molecule has 0 amide bonds. The van der Waals surface area contributed by atoms with Crippen LogP contribution in [0.3, 0.4) is 0 Å². The van der Waals surface area contributed by atoms with Crippen LogP contribution in [0.5, 0.6) is 0 Å². The van der Waals surface area contributed by atoms with Crippen molar-refractivity contribution in [3.63, 3.8) is 0 Å². The second kappa shape index (κ2) is 6.00. The molecule has 3 heterocycles. The van der Waals surface area contributed by atoms with Crippen molar-refractivity contribution in [1.29, 1.82) is 0 Å². The van der Waals surface area contributed by atoms with Crippen LogP contribution in [0.1, 0.15) is 54.2 Å². The van der Waals surface area contributed by atoms with E-state index in [1.165, 1.54) is 35.3 Å². The Balaban J connectivity index is 1.83. The Morgan fingerprint density at radius 2 is 2.09 bits per heavy atom. The summed E-state index contributed by atoms with van der Waals surface area (Å²) in [6, 6.07) is 6.58. The third kappa shape index (κ3) is 2.65. The molecule has 1 fully saturated rings. The average molecular weight is 311 g/mol. The minimum absolute atomic E-state index is 0.177. The first-order valence-electron chi connectivity index (χ1n) is 8.79. The van der Waals surface area contributed by atoms with Gasteiger partial charge in [0.1, 0.15) is 11.9 Å². The Kier molecular flexibility index (Phi) is 3.85. The van der Waals surface area contributed by atoms with Crippen molar-refractivity contribution >= 4 is 5.82 Å². The fourth-order valence-corrected chi connectivity index (χ4v) is 3.63. The van der Waals surface area contributed by atoms with Crippen molar-refractivity contribution in [2.75, 3.05) is 18.5 Å². The largest absolute Gasteiger partial charge is 0.372 e.